The molecule has 2 rings (SSSR count). The maximum absolute atomic E-state index is 12.1. The lowest BCUT2D eigenvalue weighted by atomic mass is 10.2. The second kappa shape index (κ2) is 6.69. The second-order valence-corrected chi connectivity index (χ2v) is 5.21. The molecule has 0 bridgehead atoms. The molecule has 0 aliphatic carbocycles. The third-order valence-corrected chi connectivity index (χ3v) is 3.35. The number of pyridine rings is 1. The van der Waals surface area contributed by atoms with Crippen LogP contribution in [0.5, 0.6) is 0 Å². The van der Waals surface area contributed by atoms with Crippen molar-refractivity contribution >= 4 is 45.1 Å². The maximum atomic E-state index is 12.1. The minimum Gasteiger partial charge on any atom is -0.465 e. The summed E-state index contributed by atoms with van der Waals surface area (Å²) >= 11 is 9.11. The first-order valence-electron chi connectivity index (χ1n) is 5.83. The number of hydrogen-bond acceptors (Lipinski definition) is 4. The minimum absolute atomic E-state index is 0.180. The summed E-state index contributed by atoms with van der Waals surface area (Å²) in [6.45, 7) is 0. The average molecular weight is 370 g/mol. The summed E-state index contributed by atoms with van der Waals surface area (Å²) in [6.07, 6.45) is 0. The predicted octanol–water partition coefficient (Wildman–Crippen LogP) is 3.54. The van der Waals surface area contributed by atoms with Crippen molar-refractivity contribution in [1.29, 1.82) is 0 Å². The number of ether oxygens (including phenoxy) is 1. The Morgan fingerprint density at radius 3 is 2.71 bits per heavy atom. The number of aromatic nitrogens is 1. The highest BCUT2D eigenvalue weighted by atomic mass is 79.9. The Bertz CT molecular complexity index is 706. The molecular weight excluding hydrogens is 360 g/mol. The van der Waals surface area contributed by atoms with Crippen molar-refractivity contribution in [3.05, 3.63) is 57.3 Å². The summed E-state index contributed by atoms with van der Waals surface area (Å²) in [4.78, 5) is 27.7. The first-order valence-corrected chi connectivity index (χ1v) is 7.00. The van der Waals surface area contributed by atoms with E-state index in [1.165, 1.54) is 19.2 Å². The lowest BCUT2D eigenvalue weighted by Crippen LogP contribution is -2.14. The SMILES string of the molecule is COC(=O)c1cc(NC(=O)c2cccc(Br)n2)ccc1Cl. The van der Waals surface area contributed by atoms with Crippen LogP contribution in [0.15, 0.2) is 41.0 Å². The molecule has 0 radical (unpaired) electrons. The molecule has 0 aliphatic heterocycles. The van der Waals surface area contributed by atoms with E-state index < -0.39 is 11.9 Å². The Morgan fingerprint density at radius 2 is 2.05 bits per heavy atom. The van der Waals surface area contributed by atoms with Crippen LogP contribution in [0, 0.1) is 0 Å². The van der Waals surface area contributed by atoms with Gasteiger partial charge in [0.15, 0.2) is 0 Å². The largest absolute Gasteiger partial charge is 0.465 e. The van der Waals surface area contributed by atoms with Crippen LogP contribution < -0.4 is 5.32 Å². The molecule has 1 aromatic heterocycles. The van der Waals surface area contributed by atoms with Crippen LogP contribution in [0.3, 0.4) is 0 Å². The molecular formula is C14H10BrClN2O3. The molecule has 0 atom stereocenters. The number of methoxy groups -OCH3 is 1. The molecule has 0 fully saturated rings. The quantitative estimate of drug-likeness (QED) is 0.664. The maximum Gasteiger partial charge on any atom is 0.339 e. The number of nitrogens with one attached hydrogen (secondary N) is 1. The molecule has 0 unspecified atom stereocenters. The molecule has 2 aromatic rings. The fraction of sp³-hybridized carbons (Fsp3) is 0.0714. The van der Waals surface area contributed by atoms with E-state index in [1.54, 1.807) is 24.3 Å². The zero-order valence-electron chi connectivity index (χ0n) is 10.9. The third kappa shape index (κ3) is 3.80. The predicted molar refractivity (Wildman–Crippen MR) is 82.7 cm³/mol. The van der Waals surface area contributed by atoms with E-state index >= 15 is 0 Å². The number of rotatable bonds is 3. The van der Waals surface area contributed by atoms with Crippen molar-refractivity contribution in [1.82, 2.24) is 4.98 Å². The summed E-state index contributed by atoms with van der Waals surface area (Å²) in [5.41, 5.74) is 0.852. The fourth-order valence-corrected chi connectivity index (χ4v) is 2.14. The normalized spacial score (nSPS) is 10.0. The molecule has 108 valence electrons. The number of carbonyl (C=O) groups is 2. The van der Waals surface area contributed by atoms with Gasteiger partial charge in [0.25, 0.3) is 5.91 Å². The van der Waals surface area contributed by atoms with E-state index in [4.69, 9.17) is 11.6 Å². The molecule has 5 nitrogen and oxygen atoms in total. The van der Waals surface area contributed by atoms with E-state index in [0.717, 1.165) is 0 Å². The van der Waals surface area contributed by atoms with Gasteiger partial charge in [-0.05, 0) is 46.3 Å². The Kier molecular flexibility index (Phi) is 4.93. The average Bonchev–Trinajstić information content (AvgIpc) is 2.48. The molecule has 7 heteroatoms. The molecule has 1 N–H and O–H groups in total. The lowest BCUT2D eigenvalue weighted by molar-refractivity contribution is 0.0600. The zero-order valence-corrected chi connectivity index (χ0v) is 13.2. The van der Waals surface area contributed by atoms with Crippen molar-refractivity contribution in [2.24, 2.45) is 0 Å². The number of amides is 1. The van der Waals surface area contributed by atoms with Gasteiger partial charge < -0.3 is 10.1 Å². The van der Waals surface area contributed by atoms with Crippen LogP contribution in [0.4, 0.5) is 5.69 Å². The summed E-state index contributed by atoms with van der Waals surface area (Å²) in [6, 6.07) is 9.55. The van der Waals surface area contributed by atoms with Crippen molar-refractivity contribution in [3.63, 3.8) is 0 Å². The van der Waals surface area contributed by atoms with E-state index in [1.807, 2.05) is 0 Å². The number of hydrogen-bond donors (Lipinski definition) is 1. The molecule has 1 aromatic carbocycles. The van der Waals surface area contributed by atoms with Crippen LogP contribution in [0.25, 0.3) is 0 Å². The highest BCUT2D eigenvalue weighted by molar-refractivity contribution is 9.10. The summed E-state index contributed by atoms with van der Waals surface area (Å²) < 4.78 is 5.18. The van der Waals surface area contributed by atoms with Crippen molar-refractivity contribution in [2.75, 3.05) is 12.4 Å². The number of anilines is 1. The molecule has 0 spiro atoms. The highest BCUT2D eigenvalue weighted by Crippen LogP contribution is 2.21. The lowest BCUT2D eigenvalue weighted by Gasteiger charge is -2.08. The summed E-state index contributed by atoms with van der Waals surface area (Å²) in [5, 5.41) is 2.89. The topological polar surface area (TPSA) is 68.3 Å². The van der Waals surface area contributed by atoms with Crippen LogP contribution in [-0.2, 0) is 4.74 Å². The standard InChI is InChI=1S/C14H10BrClN2O3/c1-21-14(20)9-7-8(5-6-10(9)16)17-13(19)11-3-2-4-12(15)18-11/h2-7H,1H3,(H,17,19). The Labute approximate surface area is 134 Å². The Hall–Kier alpha value is -1.92. The smallest absolute Gasteiger partial charge is 0.339 e. The van der Waals surface area contributed by atoms with Gasteiger partial charge in [-0.2, -0.15) is 0 Å². The fourth-order valence-electron chi connectivity index (χ4n) is 1.60. The van der Waals surface area contributed by atoms with E-state index in [-0.39, 0.29) is 16.3 Å². The van der Waals surface area contributed by atoms with Crippen LogP contribution in [0.2, 0.25) is 5.02 Å². The van der Waals surface area contributed by atoms with Gasteiger partial charge in [-0.1, -0.05) is 17.7 Å². The van der Waals surface area contributed by atoms with E-state index in [2.05, 4.69) is 31.0 Å². The number of halogens is 2. The summed E-state index contributed by atoms with van der Waals surface area (Å²) in [7, 11) is 1.26. The zero-order chi connectivity index (χ0) is 15.4. The van der Waals surface area contributed by atoms with Crippen molar-refractivity contribution < 1.29 is 14.3 Å². The molecule has 0 saturated heterocycles. The highest BCUT2D eigenvalue weighted by Gasteiger charge is 2.13. The minimum atomic E-state index is -0.573. The van der Waals surface area contributed by atoms with Crippen LogP contribution >= 0.6 is 27.5 Å². The first-order chi connectivity index (χ1) is 10.0. The monoisotopic (exact) mass is 368 g/mol. The Morgan fingerprint density at radius 1 is 1.29 bits per heavy atom. The molecule has 0 aliphatic rings. The van der Waals surface area contributed by atoms with Crippen LogP contribution in [-0.4, -0.2) is 24.0 Å². The van der Waals surface area contributed by atoms with Gasteiger partial charge in [0.2, 0.25) is 0 Å². The molecule has 21 heavy (non-hydrogen) atoms. The van der Waals surface area contributed by atoms with Gasteiger partial charge >= 0.3 is 5.97 Å². The van der Waals surface area contributed by atoms with Crippen LogP contribution in [0.1, 0.15) is 20.8 Å². The van der Waals surface area contributed by atoms with Gasteiger partial charge in [-0.15, -0.1) is 0 Å². The van der Waals surface area contributed by atoms with Gasteiger partial charge in [0.05, 0.1) is 17.7 Å². The van der Waals surface area contributed by atoms with Gasteiger partial charge in [-0.25, -0.2) is 9.78 Å². The van der Waals surface area contributed by atoms with Crippen molar-refractivity contribution in [3.8, 4) is 0 Å². The molecule has 1 heterocycles. The number of carbonyl (C=O) groups excluding carboxylic acids is 2. The van der Waals surface area contributed by atoms with Gasteiger partial charge in [0, 0.05) is 5.69 Å². The van der Waals surface area contributed by atoms with Crippen molar-refractivity contribution in [2.45, 2.75) is 0 Å². The second-order valence-electron chi connectivity index (χ2n) is 3.99. The van der Waals surface area contributed by atoms with Gasteiger partial charge in [0.1, 0.15) is 10.3 Å². The Balaban J connectivity index is 2.24. The van der Waals surface area contributed by atoms with Gasteiger partial charge in [-0.3, -0.25) is 4.79 Å². The summed E-state index contributed by atoms with van der Waals surface area (Å²) in [5.74, 6) is -0.967. The first kappa shape index (κ1) is 15.5. The molecule has 1 amide bonds. The van der Waals surface area contributed by atoms with E-state index in [0.29, 0.717) is 10.3 Å². The van der Waals surface area contributed by atoms with E-state index in [9.17, 15) is 9.59 Å². The number of benzene rings is 1. The number of nitrogens with zero attached hydrogens (tertiary/aromatic N) is 1. The molecule has 0 saturated carbocycles. The third-order valence-electron chi connectivity index (χ3n) is 2.58. The number of esters is 1.